The third-order valence-corrected chi connectivity index (χ3v) is 6.03. The monoisotopic (exact) mass is 476 g/mol. The number of hydrogen-bond acceptors (Lipinski definition) is 5. The molecule has 1 fully saturated rings. The summed E-state index contributed by atoms with van der Waals surface area (Å²) < 4.78 is 38.5. The van der Waals surface area contributed by atoms with Crippen molar-refractivity contribution in [3.8, 4) is 0 Å². The maximum Gasteiger partial charge on any atom is 0.416 e. The number of amides is 2. The highest BCUT2D eigenvalue weighted by Gasteiger charge is 2.31. The SMILES string of the molecule is NC(=O)c1ccc(CN2CCC(C(N)C(=O)CNC(=O)c3cccc(C(F)(F)F)c3)CC2)cc1. The predicted octanol–water partition coefficient (Wildman–Crippen LogP) is 2.34. The fourth-order valence-electron chi connectivity index (χ4n) is 3.99. The molecule has 7 nitrogen and oxygen atoms in total. The third kappa shape index (κ3) is 6.64. The number of nitrogens with one attached hydrogen (secondary N) is 1. The number of carbonyl (C=O) groups is 3. The largest absolute Gasteiger partial charge is 0.416 e. The zero-order chi connectivity index (χ0) is 24.9. The highest BCUT2D eigenvalue weighted by Crippen LogP contribution is 2.29. The molecule has 0 bridgehead atoms. The molecule has 182 valence electrons. The molecule has 0 aliphatic carbocycles. The predicted molar refractivity (Wildman–Crippen MR) is 120 cm³/mol. The summed E-state index contributed by atoms with van der Waals surface area (Å²) in [6.07, 6.45) is -3.15. The average molecular weight is 476 g/mol. The van der Waals surface area contributed by atoms with E-state index in [4.69, 9.17) is 11.5 Å². The number of Topliss-reactive ketones (excluding diaryl/α,β-unsaturated/α-hetero) is 1. The minimum atomic E-state index is -4.56. The summed E-state index contributed by atoms with van der Waals surface area (Å²) in [7, 11) is 0. The van der Waals surface area contributed by atoms with Gasteiger partial charge in [-0.25, -0.2) is 0 Å². The fraction of sp³-hybridized carbons (Fsp3) is 0.375. The number of nitrogens with two attached hydrogens (primary N) is 2. The minimum absolute atomic E-state index is 0.0496. The van der Waals surface area contributed by atoms with Gasteiger partial charge >= 0.3 is 6.18 Å². The summed E-state index contributed by atoms with van der Waals surface area (Å²) in [5, 5.41) is 2.37. The fourth-order valence-corrected chi connectivity index (χ4v) is 3.99. The molecule has 1 aliphatic rings. The van der Waals surface area contributed by atoms with Crippen molar-refractivity contribution in [1.82, 2.24) is 10.2 Å². The van der Waals surface area contributed by atoms with Gasteiger partial charge in [0.1, 0.15) is 0 Å². The number of primary amides is 1. The Morgan fingerprint density at radius 3 is 2.26 bits per heavy atom. The Kier molecular flexibility index (Phi) is 8.06. The molecule has 0 aromatic heterocycles. The molecule has 2 aromatic rings. The Hall–Kier alpha value is -3.24. The summed E-state index contributed by atoms with van der Waals surface area (Å²) in [5.74, 6) is -1.65. The van der Waals surface area contributed by atoms with Crippen LogP contribution in [-0.2, 0) is 17.5 Å². The highest BCUT2D eigenvalue weighted by atomic mass is 19.4. The first kappa shape index (κ1) is 25.4. The van der Waals surface area contributed by atoms with E-state index in [1.54, 1.807) is 12.1 Å². The van der Waals surface area contributed by atoms with E-state index in [1.165, 1.54) is 6.07 Å². The summed E-state index contributed by atoms with van der Waals surface area (Å²) in [6, 6.07) is 10.3. The van der Waals surface area contributed by atoms with Gasteiger partial charge in [0.15, 0.2) is 5.78 Å². The maximum atomic E-state index is 12.8. The minimum Gasteiger partial charge on any atom is -0.366 e. The Morgan fingerprint density at radius 1 is 1.03 bits per heavy atom. The van der Waals surface area contributed by atoms with E-state index in [2.05, 4.69) is 10.2 Å². The first-order chi connectivity index (χ1) is 16.0. The quantitative estimate of drug-likeness (QED) is 0.541. The van der Waals surface area contributed by atoms with Gasteiger partial charge in [-0.1, -0.05) is 18.2 Å². The van der Waals surface area contributed by atoms with Crippen molar-refractivity contribution in [2.24, 2.45) is 17.4 Å². The van der Waals surface area contributed by atoms with Crippen molar-refractivity contribution in [2.45, 2.75) is 31.6 Å². The van der Waals surface area contributed by atoms with Crippen LogP contribution in [0.2, 0.25) is 0 Å². The number of piperidine rings is 1. The molecule has 1 aliphatic heterocycles. The Labute approximate surface area is 195 Å². The van der Waals surface area contributed by atoms with Crippen molar-refractivity contribution in [1.29, 1.82) is 0 Å². The Bertz CT molecular complexity index is 1030. The van der Waals surface area contributed by atoms with Crippen LogP contribution in [0.4, 0.5) is 13.2 Å². The average Bonchev–Trinajstić information content (AvgIpc) is 2.82. The number of likely N-dealkylation sites (tertiary alicyclic amines) is 1. The summed E-state index contributed by atoms with van der Waals surface area (Å²) in [4.78, 5) is 38.1. The smallest absolute Gasteiger partial charge is 0.366 e. The van der Waals surface area contributed by atoms with Crippen LogP contribution < -0.4 is 16.8 Å². The van der Waals surface area contributed by atoms with Crippen molar-refractivity contribution in [3.05, 3.63) is 70.8 Å². The van der Waals surface area contributed by atoms with Crippen LogP contribution in [0, 0.1) is 5.92 Å². The van der Waals surface area contributed by atoms with Crippen molar-refractivity contribution >= 4 is 17.6 Å². The standard InChI is InChI=1S/C24H27F3N4O3/c25-24(26,27)19-3-1-2-18(12-19)23(34)30-13-20(32)21(28)16-8-10-31(11-9-16)14-15-4-6-17(7-5-15)22(29)33/h1-7,12,16,21H,8-11,13-14,28H2,(H2,29,33)(H,30,34). The number of carbonyl (C=O) groups excluding carboxylic acids is 3. The lowest BCUT2D eigenvalue weighted by molar-refractivity contribution is -0.137. The van der Waals surface area contributed by atoms with Gasteiger partial charge in [-0.05, 0) is 67.7 Å². The van der Waals surface area contributed by atoms with Gasteiger partial charge < -0.3 is 16.8 Å². The number of alkyl halides is 3. The molecule has 1 heterocycles. The van der Waals surface area contributed by atoms with Crippen LogP contribution in [0.3, 0.4) is 0 Å². The molecule has 0 saturated carbocycles. The van der Waals surface area contributed by atoms with E-state index in [9.17, 15) is 27.6 Å². The molecule has 34 heavy (non-hydrogen) atoms. The van der Waals surface area contributed by atoms with E-state index >= 15 is 0 Å². The first-order valence-corrected chi connectivity index (χ1v) is 10.9. The topological polar surface area (TPSA) is 119 Å². The maximum absolute atomic E-state index is 12.8. The number of nitrogens with zero attached hydrogens (tertiary/aromatic N) is 1. The van der Waals surface area contributed by atoms with E-state index in [0.717, 1.165) is 36.9 Å². The van der Waals surface area contributed by atoms with E-state index in [0.29, 0.717) is 24.9 Å². The summed E-state index contributed by atoms with van der Waals surface area (Å²) in [5.41, 5.74) is 11.8. The molecule has 1 unspecified atom stereocenters. The van der Waals surface area contributed by atoms with Gasteiger partial charge in [0.25, 0.3) is 5.91 Å². The second kappa shape index (κ2) is 10.8. The van der Waals surface area contributed by atoms with Crippen LogP contribution in [0.25, 0.3) is 0 Å². The molecule has 5 N–H and O–H groups in total. The number of halogens is 3. The van der Waals surface area contributed by atoms with Crippen molar-refractivity contribution < 1.29 is 27.6 Å². The van der Waals surface area contributed by atoms with Gasteiger partial charge in [-0.15, -0.1) is 0 Å². The summed E-state index contributed by atoms with van der Waals surface area (Å²) >= 11 is 0. The second-order valence-corrected chi connectivity index (χ2v) is 8.43. The van der Waals surface area contributed by atoms with Gasteiger partial charge in [-0.2, -0.15) is 13.2 Å². The number of benzene rings is 2. The molecule has 2 amide bonds. The van der Waals surface area contributed by atoms with Crippen LogP contribution in [0.5, 0.6) is 0 Å². The van der Waals surface area contributed by atoms with Crippen molar-refractivity contribution in [2.75, 3.05) is 19.6 Å². The van der Waals surface area contributed by atoms with Crippen LogP contribution in [-0.4, -0.2) is 48.2 Å². The van der Waals surface area contributed by atoms with Crippen molar-refractivity contribution in [3.63, 3.8) is 0 Å². The summed E-state index contributed by atoms with van der Waals surface area (Å²) in [6.45, 7) is 1.82. The molecule has 2 aromatic carbocycles. The highest BCUT2D eigenvalue weighted by molar-refractivity contribution is 5.97. The lowest BCUT2D eigenvalue weighted by Crippen LogP contribution is -2.47. The molecule has 10 heteroatoms. The number of rotatable bonds is 8. The van der Waals surface area contributed by atoms with Gasteiger partial charge in [-0.3, -0.25) is 19.3 Å². The zero-order valence-corrected chi connectivity index (χ0v) is 18.5. The number of ketones is 1. The Balaban J connectivity index is 1.45. The second-order valence-electron chi connectivity index (χ2n) is 8.43. The van der Waals surface area contributed by atoms with Crippen LogP contribution >= 0.6 is 0 Å². The van der Waals surface area contributed by atoms with Gasteiger partial charge in [0, 0.05) is 17.7 Å². The van der Waals surface area contributed by atoms with E-state index < -0.39 is 29.6 Å². The lowest BCUT2D eigenvalue weighted by atomic mass is 9.87. The normalized spacial score (nSPS) is 16.1. The van der Waals surface area contributed by atoms with Crippen LogP contribution in [0.15, 0.2) is 48.5 Å². The van der Waals surface area contributed by atoms with E-state index in [-0.39, 0.29) is 23.8 Å². The molecular formula is C24H27F3N4O3. The molecule has 1 atom stereocenters. The van der Waals surface area contributed by atoms with Gasteiger partial charge in [0.05, 0.1) is 18.2 Å². The molecule has 0 radical (unpaired) electrons. The van der Waals surface area contributed by atoms with E-state index in [1.807, 2.05) is 12.1 Å². The Morgan fingerprint density at radius 2 is 1.68 bits per heavy atom. The number of hydrogen-bond donors (Lipinski definition) is 3. The third-order valence-electron chi connectivity index (χ3n) is 6.03. The molecule has 3 rings (SSSR count). The molecular weight excluding hydrogens is 449 g/mol. The molecule has 1 saturated heterocycles. The zero-order valence-electron chi connectivity index (χ0n) is 18.5. The van der Waals surface area contributed by atoms with Gasteiger partial charge in [0.2, 0.25) is 5.91 Å². The first-order valence-electron chi connectivity index (χ1n) is 10.9. The lowest BCUT2D eigenvalue weighted by Gasteiger charge is -2.34. The molecule has 0 spiro atoms. The van der Waals surface area contributed by atoms with Crippen LogP contribution in [0.1, 0.15) is 44.7 Å².